The van der Waals surface area contributed by atoms with E-state index < -0.39 is 36.5 Å². The predicted octanol–water partition coefficient (Wildman–Crippen LogP) is 2.85. The molecular formula is C24H29ClN4O6S. The number of halogens is 1. The molecule has 0 radical (unpaired) electrons. The molecule has 3 amide bonds. The molecule has 194 valence electrons. The first-order valence-corrected chi connectivity index (χ1v) is 12.6. The number of carboxylic acids is 1. The van der Waals surface area contributed by atoms with Gasteiger partial charge in [-0.05, 0) is 61.7 Å². The molecule has 3 rings (SSSR count). The van der Waals surface area contributed by atoms with Gasteiger partial charge in [0.05, 0.1) is 4.34 Å². The summed E-state index contributed by atoms with van der Waals surface area (Å²) in [6.07, 6.45) is 0.713. The average molecular weight is 537 g/mol. The molecule has 3 N–H and O–H groups in total. The van der Waals surface area contributed by atoms with Crippen LogP contribution in [0, 0.1) is 0 Å². The molecular weight excluding hydrogens is 508 g/mol. The molecule has 1 aliphatic rings. The molecule has 36 heavy (non-hydrogen) atoms. The minimum Gasteiger partial charge on any atom is -0.480 e. The third-order valence-corrected chi connectivity index (χ3v) is 6.90. The van der Waals surface area contributed by atoms with E-state index in [2.05, 4.69) is 22.6 Å². The number of aliphatic carboxylic acids is 1. The summed E-state index contributed by atoms with van der Waals surface area (Å²) in [5, 5.41) is 14.5. The quantitative estimate of drug-likeness (QED) is 0.449. The molecule has 0 bridgehead atoms. The predicted molar refractivity (Wildman–Crippen MR) is 137 cm³/mol. The Morgan fingerprint density at radius 3 is 2.56 bits per heavy atom. The lowest BCUT2D eigenvalue weighted by Crippen LogP contribution is -2.45. The van der Waals surface area contributed by atoms with Crippen molar-refractivity contribution in [1.29, 1.82) is 0 Å². The van der Waals surface area contributed by atoms with E-state index in [1.165, 1.54) is 18.7 Å². The van der Waals surface area contributed by atoms with E-state index in [-0.39, 0.29) is 17.9 Å². The van der Waals surface area contributed by atoms with Crippen molar-refractivity contribution in [2.45, 2.75) is 31.7 Å². The first-order valence-electron chi connectivity index (χ1n) is 11.4. The number of hydrogen-bond donors (Lipinski definition) is 3. The maximum absolute atomic E-state index is 13.1. The maximum atomic E-state index is 13.1. The Kier molecular flexibility index (Phi) is 9.68. The van der Waals surface area contributed by atoms with Gasteiger partial charge in [0.1, 0.15) is 12.6 Å². The van der Waals surface area contributed by atoms with Gasteiger partial charge in [0, 0.05) is 32.2 Å². The second-order valence-electron chi connectivity index (χ2n) is 8.60. The van der Waals surface area contributed by atoms with E-state index in [0.717, 1.165) is 47.7 Å². The Bertz CT molecular complexity index is 1120. The number of hydrogen-bond acceptors (Lipinski definition) is 7. The molecule has 0 unspecified atom stereocenters. The molecule has 0 saturated heterocycles. The number of ether oxygens (including phenoxy) is 1. The summed E-state index contributed by atoms with van der Waals surface area (Å²) in [6.45, 7) is 1.42. The number of anilines is 1. The van der Waals surface area contributed by atoms with Gasteiger partial charge in [0.2, 0.25) is 11.8 Å². The lowest BCUT2D eigenvalue weighted by atomic mass is 10.0. The maximum Gasteiger partial charge on any atom is 0.414 e. The molecule has 0 fully saturated rings. The number of nitrogens with zero attached hydrogens (tertiary/aromatic N) is 2. The molecule has 12 heteroatoms. The van der Waals surface area contributed by atoms with Crippen LogP contribution in [0.25, 0.3) is 0 Å². The lowest BCUT2D eigenvalue weighted by Gasteiger charge is -2.20. The molecule has 1 aromatic heterocycles. The van der Waals surface area contributed by atoms with E-state index in [0.29, 0.717) is 10.0 Å². The Morgan fingerprint density at radius 1 is 1.17 bits per heavy atom. The number of carbonyl (C=O) groups is 4. The number of likely N-dealkylation sites (N-methyl/N-ethyl adjacent to an activating group) is 2. The van der Waals surface area contributed by atoms with Crippen LogP contribution in [-0.4, -0.2) is 78.6 Å². The molecule has 2 aromatic rings. The zero-order valence-electron chi connectivity index (χ0n) is 20.1. The van der Waals surface area contributed by atoms with Gasteiger partial charge in [-0.15, -0.1) is 0 Å². The second-order valence-corrected chi connectivity index (χ2v) is 10.3. The van der Waals surface area contributed by atoms with Gasteiger partial charge in [-0.25, -0.2) is 4.79 Å². The van der Waals surface area contributed by atoms with Gasteiger partial charge in [-0.1, -0.05) is 29.0 Å². The number of fused-ring (bicyclic) bond motifs is 1. The van der Waals surface area contributed by atoms with E-state index in [4.69, 9.17) is 21.4 Å². The van der Waals surface area contributed by atoms with E-state index in [1.807, 2.05) is 18.2 Å². The number of thiophene rings is 1. The lowest BCUT2D eigenvalue weighted by molar-refractivity contribution is -0.143. The van der Waals surface area contributed by atoms with Crippen LogP contribution in [0.4, 0.5) is 10.5 Å². The first kappa shape index (κ1) is 27.4. The molecule has 1 aliphatic heterocycles. The molecule has 0 saturated carbocycles. The highest BCUT2D eigenvalue weighted by Gasteiger charge is 2.25. The highest BCUT2D eigenvalue weighted by Crippen LogP contribution is 2.28. The summed E-state index contributed by atoms with van der Waals surface area (Å²) < 4.78 is 5.64. The molecule has 0 aliphatic carbocycles. The number of nitrogens with one attached hydrogen (secondary N) is 2. The third-order valence-electron chi connectivity index (χ3n) is 5.79. The summed E-state index contributed by atoms with van der Waals surface area (Å²) >= 11 is 6.92. The zero-order chi connectivity index (χ0) is 26.2. The fourth-order valence-corrected chi connectivity index (χ4v) is 4.65. The van der Waals surface area contributed by atoms with Gasteiger partial charge >= 0.3 is 12.1 Å². The summed E-state index contributed by atoms with van der Waals surface area (Å²) in [6, 6.07) is 7.75. The number of amides is 3. The van der Waals surface area contributed by atoms with Crippen molar-refractivity contribution in [1.82, 2.24) is 15.1 Å². The Balaban J connectivity index is 1.69. The zero-order valence-corrected chi connectivity index (χ0v) is 21.7. The Labute approximate surface area is 218 Å². The fraction of sp³-hybridized carbons (Fsp3) is 0.417. The molecule has 10 nitrogen and oxygen atoms in total. The van der Waals surface area contributed by atoms with Crippen molar-refractivity contribution in [2.24, 2.45) is 0 Å². The number of benzene rings is 1. The van der Waals surface area contributed by atoms with Crippen LogP contribution in [0.15, 0.2) is 30.3 Å². The summed E-state index contributed by atoms with van der Waals surface area (Å²) in [5.41, 5.74) is 2.97. The summed E-state index contributed by atoms with van der Waals surface area (Å²) in [7, 11) is 3.43. The van der Waals surface area contributed by atoms with Crippen molar-refractivity contribution in [3.05, 3.63) is 45.8 Å². The van der Waals surface area contributed by atoms with Gasteiger partial charge in [-0.2, -0.15) is 0 Å². The highest BCUT2D eigenvalue weighted by molar-refractivity contribution is 7.17. The number of rotatable bonds is 9. The summed E-state index contributed by atoms with van der Waals surface area (Å²) in [5.74, 6) is -2.13. The van der Waals surface area contributed by atoms with Crippen molar-refractivity contribution in [3.63, 3.8) is 0 Å². The third kappa shape index (κ3) is 8.21. The van der Waals surface area contributed by atoms with E-state index in [1.54, 1.807) is 6.07 Å². The largest absolute Gasteiger partial charge is 0.480 e. The number of carboxylic acid groups (broad SMARTS) is 1. The Morgan fingerprint density at radius 2 is 1.89 bits per heavy atom. The van der Waals surface area contributed by atoms with Crippen LogP contribution < -0.4 is 15.4 Å². The average Bonchev–Trinajstić information content (AvgIpc) is 3.13. The van der Waals surface area contributed by atoms with Crippen LogP contribution >= 0.6 is 22.9 Å². The van der Waals surface area contributed by atoms with E-state index in [9.17, 15) is 19.2 Å². The molecule has 2 heterocycles. The second kappa shape index (κ2) is 12.7. The smallest absolute Gasteiger partial charge is 0.414 e. The standard InChI is InChI=1S/C24H29ClN4O6S/c1-28-11-9-15-3-4-17(13-16(15)10-12-28)26-23(33)18(5-7-20(30)29(2)14-21(31)32)27-24(34)35-22-8-6-19(25)36-22/h3-4,6,8,13,18H,5,7,9-12,14H2,1-2H3,(H,26,33)(H,27,34)(H,31,32)/t18-/m1/s1. The topological polar surface area (TPSA) is 128 Å². The van der Waals surface area contributed by atoms with Crippen LogP contribution in [-0.2, 0) is 27.2 Å². The van der Waals surface area contributed by atoms with Crippen molar-refractivity contribution in [2.75, 3.05) is 39.0 Å². The van der Waals surface area contributed by atoms with Crippen LogP contribution in [0.5, 0.6) is 5.06 Å². The van der Waals surface area contributed by atoms with Gasteiger partial charge in [-0.3, -0.25) is 14.4 Å². The minimum absolute atomic E-state index is 0.0509. The van der Waals surface area contributed by atoms with Crippen molar-refractivity contribution in [3.8, 4) is 5.06 Å². The van der Waals surface area contributed by atoms with E-state index >= 15 is 0 Å². The fourth-order valence-electron chi connectivity index (χ4n) is 3.78. The number of carbonyl (C=O) groups excluding carboxylic acids is 3. The first-order chi connectivity index (χ1) is 17.1. The van der Waals surface area contributed by atoms with Crippen LogP contribution in [0.3, 0.4) is 0 Å². The highest BCUT2D eigenvalue weighted by atomic mass is 35.5. The van der Waals surface area contributed by atoms with Gasteiger partial charge < -0.3 is 30.3 Å². The molecule has 1 aromatic carbocycles. The molecule has 0 spiro atoms. The normalized spacial score (nSPS) is 14.2. The van der Waals surface area contributed by atoms with Crippen LogP contribution in [0.2, 0.25) is 4.34 Å². The Hall–Kier alpha value is -3.15. The van der Waals surface area contributed by atoms with Crippen molar-refractivity contribution >= 4 is 52.5 Å². The van der Waals surface area contributed by atoms with Crippen LogP contribution in [0.1, 0.15) is 24.0 Å². The van der Waals surface area contributed by atoms with Gasteiger partial charge in [0.25, 0.3) is 0 Å². The SMILES string of the molecule is CN1CCc2ccc(NC(=O)[C@@H](CCC(=O)N(C)CC(=O)O)NC(=O)Oc3ccc(Cl)s3)cc2CC1. The summed E-state index contributed by atoms with van der Waals surface area (Å²) in [4.78, 5) is 52.1. The van der Waals surface area contributed by atoms with Crippen molar-refractivity contribution < 1.29 is 29.0 Å². The monoisotopic (exact) mass is 536 g/mol. The molecule has 1 atom stereocenters. The minimum atomic E-state index is -1.15. The van der Waals surface area contributed by atoms with Gasteiger partial charge in [0.15, 0.2) is 5.06 Å².